The summed E-state index contributed by atoms with van der Waals surface area (Å²) >= 11 is 6.20. The maximum absolute atomic E-state index is 12.6. The molecule has 0 aliphatic heterocycles. The van der Waals surface area contributed by atoms with E-state index >= 15 is 0 Å². The Balaban J connectivity index is 1.56. The summed E-state index contributed by atoms with van der Waals surface area (Å²) < 4.78 is 2.87. The van der Waals surface area contributed by atoms with E-state index < -0.39 is 5.91 Å². The van der Waals surface area contributed by atoms with Crippen LogP contribution in [0.3, 0.4) is 0 Å². The third-order valence-electron chi connectivity index (χ3n) is 6.03. The number of nitrogens with two attached hydrogens (primary N) is 2. The second-order valence-electron chi connectivity index (χ2n) is 8.00. The first-order valence-electron chi connectivity index (χ1n) is 10.1. The summed E-state index contributed by atoms with van der Waals surface area (Å²) in [7, 11) is 0. The van der Waals surface area contributed by atoms with Gasteiger partial charge in [0.15, 0.2) is 0 Å². The van der Waals surface area contributed by atoms with Crippen LogP contribution in [-0.2, 0) is 16.8 Å². The number of rotatable bonds is 6. The predicted octanol–water partition coefficient (Wildman–Crippen LogP) is 1.65. The fraction of sp³-hybridized carbons (Fsp3) is 0.381. The molecule has 1 fully saturated rings. The Morgan fingerprint density at radius 1 is 1.19 bits per heavy atom. The fourth-order valence-corrected chi connectivity index (χ4v) is 4.50. The summed E-state index contributed by atoms with van der Waals surface area (Å²) in [6.45, 7) is 0.450. The van der Waals surface area contributed by atoms with Crippen molar-refractivity contribution in [2.24, 2.45) is 11.5 Å². The van der Waals surface area contributed by atoms with Crippen molar-refractivity contribution in [3.8, 4) is 11.4 Å². The number of amides is 1. The molecule has 9 nitrogen and oxygen atoms in total. The summed E-state index contributed by atoms with van der Waals surface area (Å²) in [5, 5.41) is 13.2. The van der Waals surface area contributed by atoms with E-state index in [-0.39, 0.29) is 23.6 Å². The Kier molecular flexibility index (Phi) is 5.88. The van der Waals surface area contributed by atoms with E-state index in [0.29, 0.717) is 23.0 Å². The third kappa shape index (κ3) is 4.38. The van der Waals surface area contributed by atoms with Gasteiger partial charge in [0, 0.05) is 23.0 Å². The van der Waals surface area contributed by atoms with Crippen molar-refractivity contribution in [2.75, 3.05) is 6.54 Å². The third-order valence-corrected chi connectivity index (χ3v) is 6.26. The lowest BCUT2D eigenvalue weighted by molar-refractivity contribution is -0.118. The average Bonchev–Trinajstić information content (AvgIpc) is 3.22. The van der Waals surface area contributed by atoms with Crippen LogP contribution in [0.1, 0.15) is 37.3 Å². The van der Waals surface area contributed by atoms with Crippen LogP contribution in [0.5, 0.6) is 0 Å². The number of hydrogen-bond donors (Lipinski definition) is 2. The molecule has 0 radical (unpaired) electrons. The molecule has 2 aromatic heterocycles. The van der Waals surface area contributed by atoms with Gasteiger partial charge < -0.3 is 11.5 Å². The minimum Gasteiger partial charge on any atom is -0.368 e. The maximum atomic E-state index is 12.6. The van der Waals surface area contributed by atoms with Gasteiger partial charge in [0.05, 0.1) is 12.2 Å². The highest BCUT2D eigenvalue weighted by atomic mass is 35.5. The van der Waals surface area contributed by atoms with Gasteiger partial charge in [-0.15, -0.1) is 5.10 Å². The highest BCUT2D eigenvalue weighted by Crippen LogP contribution is 2.42. The summed E-state index contributed by atoms with van der Waals surface area (Å²) in [6.07, 6.45) is 4.80. The number of carbonyl (C=O) groups is 1. The first-order chi connectivity index (χ1) is 14.9. The van der Waals surface area contributed by atoms with E-state index in [2.05, 4.69) is 21.5 Å². The molecule has 1 aliphatic rings. The molecule has 1 aliphatic carbocycles. The van der Waals surface area contributed by atoms with Crippen LogP contribution in [0.15, 0.2) is 47.4 Å². The van der Waals surface area contributed by atoms with Crippen molar-refractivity contribution in [1.82, 2.24) is 24.8 Å². The Hall–Kier alpha value is -3.04. The first kappa shape index (κ1) is 21.2. The topological polar surface area (TPSA) is 135 Å². The molecule has 1 saturated carbocycles. The molecule has 0 bridgehead atoms. The normalized spacial score (nSPS) is 21.2. The lowest BCUT2D eigenvalue weighted by atomic mass is 9.68. The van der Waals surface area contributed by atoms with Crippen LogP contribution in [0.2, 0.25) is 5.02 Å². The number of benzene rings is 1. The van der Waals surface area contributed by atoms with E-state index in [9.17, 15) is 9.59 Å². The zero-order valence-electron chi connectivity index (χ0n) is 16.9. The highest BCUT2D eigenvalue weighted by molar-refractivity contribution is 6.30. The summed E-state index contributed by atoms with van der Waals surface area (Å²) in [4.78, 5) is 23.6. The lowest BCUT2D eigenvalue weighted by Gasteiger charge is -2.40. The number of aromatic nitrogens is 5. The van der Waals surface area contributed by atoms with Crippen LogP contribution >= 0.6 is 11.6 Å². The van der Waals surface area contributed by atoms with Gasteiger partial charge in [0.2, 0.25) is 5.91 Å². The van der Waals surface area contributed by atoms with Crippen LogP contribution < -0.4 is 17.0 Å². The smallest absolute Gasteiger partial charge is 0.267 e. The first-order valence-corrected chi connectivity index (χ1v) is 10.5. The molecule has 162 valence electrons. The molecule has 10 heteroatoms. The molecule has 0 saturated heterocycles. The average molecular weight is 442 g/mol. The number of primary amides is 1. The zero-order chi connectivity index (χ0) is 22.0. The molecule has 3 aromatic rings. The Bertz CT molecular complexity index is 1150. The molecule has 0 spiro atoms. The summed E-state index contributed by atoms with van der Waals surface area (Å²) in [6, 6.07) is 10.9. The van der Waals surface area contributed by atoms with Gasteiger partial charge in [-0.05, 0) is 49.4 Å². The molecular weight excluding hydrogens is 418 g/mol. The van der Waals surface area contributed by atoms with E-state index in [4.69, 9.17) is 23.1 Å². The van der Waals surface area contributed by atoms with E-state index in [1.807, 2.05) is 18.2 Å². The van der Waals surface area contributed by atoms with Gasteiger partial charge >= 0.3 is 0 Å². The Morgan fingerprint density at radius 2 is 1.97 bits per heavy atom. The van der Waals surface area contributed by atoms with Gasteiger partial charge in [0.1, 0.15) is 17.9 Å². The molecule has 4 rings (SSSR count). The quantitative estimate of drug-likeness (QED) is 0.597. The molecule has 1 aromatic carbocycles. The largest absolute Gasteiger partial charge is 0.368 e. The van der Waals surface area contributed by atoms with Crippen LogP contribution in [0.4, 0.5) is 0 Å². The molecule has 31 heavy (non-hydrogen) atoms. The maximum Gasteiger partial charge on any atom is 0.267 e. The predicted molar refractivity (Wildman–Crippen MR) is 116 cm³/mol. The molecule has 0 atom stereocenters. The number of carbonyl (C=O) groups excluding carboxylic acids is 1. The van der Waals surface area contributed by atoms with Gasteiger partial charge in [-0.25, -0.2) is 9.36 Å². The molecular formula is C21H24ClN7O2. The molecule has 0 unspecified atom stereocenters. The van der Waals surface area contributed by atoms with Crippen LogP contribution in [0, 0.1) is 0 Å². The molecule has 1 amide bonds. The summed E-state index contributed by atoms with van der Waals surface area (Å²) in [5.41, 5.74) is 13.2. The van der Waals surface area contributed by atoms with Gasteiger partial charge in [0.25, 0.3) is 5.56 Å². The number of halogens is 1. The van der Waals surface area contributed by atoms with Gasteiger partial charge in [-0.1, -0.05) is 28.9 Å². The second kappa shape index (κ2) is 8.60. The van der Waals surface area contributed by atoms with E-state index in [0.717, 1.165) is 31.2 Å². The van der Waals surface area contributed by atoms with Crippen LogP contribution in [-0.4, -0.2) is 37.2 Å². The second-order valence-corrected chi connectivity index (χ2v) is 8.43. The van der Waals surface area contributed by atoms with Crippen molar-refractivity contribution in [2.45, 2.75) is 43.7 Å². The van der Waals surface area contributed by atoms with Crippen molar-refractivity contribution < 1.29 is 4.79 Å². The number of hydrogen-bond acceptors (Lipinski definition) is 6. The van der Waals surface area contributed by atoms with Crippen molar-refractivity contribution in [3.05, 3.63) is 63.5 Å². The minimum atomic E-state index is -0.514. The fourth-order valence-electron chi connectivity index (χ4n) is 4.30. The summed E-state index contributed by atoms with van der Waals surface area (Å²) in [5.74, 6) is -0.514. The Labute approximate surface area is 184 Å². The Morgan fingerprint density at radius 3 is 2.65 bits per heavy atom. The van der Waals surface area contributed by atoms with Crippen molar-refractivity contribution in [1.29, 1.82) is 0 Å². The molecule has 2 heterocycles. The SMILES string of the molecule is NC[C@]1(c2cccc(Cl)c2)CC[C@H](n2nc(-c3cn(CC(N)=O)nn3)ccc2=O)CC1. The van der Waals surface area contributed by atoms with E-state index in [1.54, 1.807) is 12.3 Å². The molecule has 4 N–H and O–H groups in total. The van der Waals surface area contributed by atoms with E-state index in [1.165, 1.54) is 15.4 Å². The van der Waals surface area contributed by atoms with Crippen molar-refractivity contribution >= 4 is 17.5 Å². The lowest BCUT2D eigenvalue weighted by Crippen LogP contribution is -2.41. The highest BCUT2D eigenvalue weighted by Gasteiger charge is 2.37. The van der Waals surface area contributed by atoms with Crippen molar-refractivity contribution in [3.63, 3.8) is 0 Å². The van der Waals surface area contributed by atoms with Gasteiger partial charge in [-0.3, -0.25) is 9.59 Å². The van der Waals surface area contributed by atoms with Gasteiger partial charge in [-0.2, -0.15) is 5.10 Å². The minimum absolute atomic E-state index is 0.0352. The van der Waals surface area contributed by atoms with Crippen LogP contribution in [0.25, 0.3) is 11.4 Å². The standard InChI is InChI=1S/C21H24ClN7O2/c22-15-3-1-2-14(10-15)21(13-23)8-6-16(7-9-21)29-20(31)5-4-17(26-29)18-11-28(27-25-18)12-19(24)30/h1-5,10-11,16H,6-9,12-13,23H2,(H2,24,30)/t16-,21-. The monoisotopic (exact) mass is 441 g/mol. The zero-order valence-corrected chi connectivity index (χ0v) is 17.7. The number of nitrogens with zero attached hydrogens (tertiary/aromatic N) is 5.